The number of anilines is 4. The van der Waals surface area contributed by atoms with Crippen molar-refractivity contribution in [1.82, 2.24) is 0 Å². The van der Waals surface area contributed by atoms with Crippen LogP contribution in [0.2, 0.25) is 0 Å². The maximum absolute atomic E-state index is 6.24. The normalized spacial score (nSPS) is 14.1. The van der Waals surface area contributed by atoms with Gasteiger partial charge in [0.15, 0.2) is 0 Å². The van der Waals surface area contributed by atoms with Gasteiger partial charge < -0.3 is 14.6 Å². The molecule has 0 aliphatic carbocycles. The first-order valence-corrected chi connectivity index (χ1v) is 19.3. The van der Waals surface area contributed by atoms with Crippen LogP contribution < -0.4 is 10.2 Å². The third-order valence-electron chi connectivity index (χ3n) is 10.8. The quantitative estimate of drug-likeness (QED) is 0.177. The van der Waals surface area contributed by atoms with Gasteiger partial charge in [0.05, 0.1) is 5.69 Å². The molecule has 0 saturated heterocycles. The first-order chi connectivity index (χ1) is 28.1. The van der Waals surface area contributed by atoms with Gasteiger partial charge in [0, 0.05) is 45.2 Å². The van der Waals surface area contributed by atoms with E-state index >= 15 is 0 Å². The first kappa shape index (κ1) is 33.9. The number of furan rings is 1. The molecule has 0 atom stereocenters. The van der Waals surface area contributed by atoms with E-state index in [1.54, 1.807) is 0 Å². The van der Waals surface area contributed by atoms with Crippen molar-refractivity contribution < 1.29 is 4.42 Å². The molecule has 1 N–H and O–H groups in total. The van der Waals surface area contributed by atoms with Crippen LogP contribution in [0.5, 0.6) is 0 Å². The van der Waals surface area contributed by atoms with Crippen LogP contribution in [0.1, 0.15) is 11.1 Å². The lowest BCUT2D eigenvalue weighted by Gasteiger charge is -2.26. The zero-order chi connectivity index (χ0) is 38.1. The van der Waals surface area contributed by atoms with E-state index in [0.29, 0.717) is 0 Å². The Morgan fingerprint density at radius 2 is 1.12 bits per heavy atom. The monoisotopic (exact) mass is 730 g/mol. The molecular formula is C54H38N2O. The zero-order valence-electron chi connectivity index (χ0n) is 31.3. The van der Waals surface area contributed by atoms with Crippen molar-refractivity contribution in [3.63, 3.8) is 0 Å². The second kappa shape index (κ2) is 14.6. The topological polar surface area (TPSA) is 28.4 Å². The van der Waals surface area contributed by atoms with Gasteiger partial charge in [0.1, 0.15) is 11.2 Å². The van der Waals surface area contributed by atoms with Crippen LogP contribution in [0.4, 0.5) is 22.7 Å². The average Bonchev–Trinajstić information content (AvgIpc) is 3.65. The molecule has 1 aromatic heterocycles. The largest absolute Gasteiger partial charge is 0.456 e. The van der Waals surface area contributed by atoms with E-state index in [-0.39, 0.29) is 0 Å². The molecule has 0 unspecified atom stereocenters. The Bertz CT molecular complexity index is 3010. The Balaban J connectivity index is 1.09. The van der Waals surface area contributed by atoms with Gasteiger partial charge in [-0.1, -0.05) is 140 Å². The maximum atomic E-state index is 6.24. The van der Waals surface area contributed by atoms with Gasteiger partial charge in [-0.2, -0.15) is 0 Å². The van der Waals surface area contributed by atoms with Crippen molar-refractivity contribution in [2.45, 2.75) is 0 Å². The van der Waals surface area contributed by atoms with Crippen LogP contribution >= 0.6 is 0 Å². The highest BCUT2D eigenvalue weighted by Gasteiger charge is 2.18. The Hall–Kier alpha value is -7.62. The van der Waals surface area contributed by atoms with E-state index in [1.807, 2.05) is 12.1 Å². The van der Waals surface area contributed by atoms with Gasteiger partial charge in [-0.15, -0.1) is 0 Å². The molecule has 0 saturated carbocycles. The van der Waals surface area contributed by atoms with Gasteiger partial charge in [0.2, 0.25) is 0 Å². The summed E-state index contributed by atoms with van der Waals surface area (Å²) in [5.74, 6) is 0. The van der Waals surface area contributed by atoms with Gasteiger partial charge in [-0.3, -0.25) is 0 Å². The number of fused-ring (bicyclic) bond motifs is 4. The molecule has 10 rings (SSSR count). The third-order valence-corrected chi connectivity index (χ3v) is 10.8. The van der Waals surface area contributed by atoms with Gasteiger partial charge >= 0.3 is 0 Å². The Morgan fingerprint density at radius 3 is 1.95 bits per heavy atom. The van der Waals surface area contributed by atoms with E-state index < -0.39 is 0 Å². The van der Waals surface area contributed by atoms with Crippen molar-refractivity contribution in [3.8, 4) is 33.4 Å². The molecule has 1 aliphatic rings. The lowest BCUT2D eigenvalue weighted by Crippen LogP contribution is -2.12. The molecule has 0 bridgehead atoms. The molecular weight excluding hydrogens is 693 g/mol. The van der Waals surface area contributed by atoms with Crippen LogP contribution in [0.25, 0.3) is 66.5 Å². The number of nitrogens with zero attached hydrogens (tertiary/aromatic N) is 1. The number of allylic oxidation sites excluding steroid dienone is 4. The van der Waals surface area contributed by atoms with Crippen molar-refractivity contribution in [1.29, 1.82) is 0 Å². The lowest BCUT2D eigenvalue weighted by atomic mass is 9.93. The summed E-state index contributed by atoms with van der Waals surface area (Å²) in [5.41, 5.74) is 17.0. The van der Waals surface area contributed by atoms with Crippen LogP contribution in [-0.4, -0.2) is 0 Å². The van der Waals surface area contributed by atoms with E-state index in [4.69, 9.17) is 4.42 Å². The summed E-state index contributed by atoms with van der Waals surface area (Å²) in [5, 5.41) is 5.99. The summed E-state index contributed by atoms with van der Waals surface area (Å²) >= 11 is 0. The molecule has 0 radical (unpaired) electrons. The summed E-state index contributed by atoms with van der Waals surface area (Å²) in [6.45, 7) is 4.61. The molecule has 8 aromatic carbocycles. The van der Waals surface area contributed by atoms with Crippen molar-refractivity contribution in [2.24, 2.45) is 0 Å². The summed E-state index contributed by atoms with van der Waals surface area (Å²) in [6.07, 6.45) is 6.60. The second-order valence-corrected chi connectivity index (χ2v) is 14.4. The number of benzene rings is 8. The molecule has 0 spiro atoms. The fourth-order valence-corrected chi connectivity index (χ4v) is 7.90. The number of hydrogen-bond donors (Lipinski definition) is 1. The van der Waals surface area contributed by atoms with Crippen LogP contribution in [-0.2, 0) is 0 Å². The van der Waals surface area contributed by atoms with E-state index in [0.717, 1.165) is 83.7 Å². The van der Waals surface area contributed by atoms with Crippen molar-refractivity contribution >= 4 is 55.8 Å². The predicted molar refractivity (Wildman–Crippen MR) is 241 cm³/mol. The molecule has 0 fully saturated rings. The summed E-state index contributed by atoms with van der Waals surface area (Å²) in [6, 6.07) is 68.3. The van der Waals surface area contributed by atoms with Crippen molar-refractivity contribution in [3.05, 3.63) is 230 Å². The minimum absolute atomic E-state index is 0.873. The summed E-state index contributed by atoms with van der Waals surface area (Å²) < 4.78 is 6.24. The zero-order valence-corrected chi connectivity index (χ0v) is 31.3. The van der Waals surface area contributed by atoms with Crippen LogP contribution in [0, 0.1) is 0 Å². The summed E-state index contributed by atoms with van der Waals surface area (Å²) in [7, 11) is 0. The molecule has 3 heteroatoms. The lowest BCUT2D eigenvalue weighted by molar-refractivity contribution is 0.669. The fourth-order valence-electron chi connectivity index (χ4n) is 7.90. The standard InChI is InChI=1S/C54H38N2O/c1-37-32-43(30-31-56(52-24-10-8-22-47(37)52)46-21-13-19-41(34-46)39-16-6-3-7-17-39)42-26-28-51(55-45-20-12-18-40(33-45)38-14-4-2-5-15-38)49(35-42)44-27-29-54-50(36-44)48-23-9-11-25-53(48)57-54/h2-36,55H,1H2/b31-30-,43-32+. The number of hydrogen-bond acceptors (Lipinski definition) is 3. The van der Waals surface area contributed by atoms with Crippen molar-refractivity contribution in [2.75, 3.05) is 10.2 Å². The highest BCUT2D eigenvalue weighted by molar-refractivity contribution is 6.07. The maximum Gasteiger partial charge on any atom is 0.135 e. The smallest absolute Gasteiger partial charge is 0.135 e. The molecule has 9 aromatic rings. The van der Waals surface area contributed by atoms with Crippen LogP contribution in [0.15, 0.2) is 223 Å². The van der Waals surface area contributed by atoms with Gasteiger partial charge in [-0.25, -0.2) is 0 Å². The van der Waals surface area contributed by atoms with Crippen LogP contribution in [0.3, 0.4) is 0 Å². The van der Waals surface area contributed by atoms with E-state index in [1.165, 1.54) is 16.7 Å². The molecule has 57 heavy (non-hydrogen) atoms. The van der Waals surface area contributed by atoms with Gasteiger partial charge in [-0.05, 0) is 117 Å². The van der Waals surface area contributed by atoms with E-state index in [2.05, 4.69) is 217 Å². The number of rotatable bonds is 7. The summed E-state index contributed by atoms with van der Waals surface area (Å²) in [4.78, 5) is 2.27. The molecule has 3 nitrogen and oxygen atoms in total. The molecule has 2 heterocycles. The second-order valence-electron chi connectivity index (χ2n) is 14.4. The molecule has 270 valence electrons. The predicted octanol–water partition coefficient (Wildman–Crippen LogP) is 15.1. The average molecular weight is 731 g/mol. The SMILES string of the molecule is C=C1/C=C(c2ccc(Nc3cccc(-c4ccccc4)c3)c(-c3ccc4oc5ccccc5c4c3)c2)\C=C/N(c2cccc(-c3ccccc3)c2)c2ccccc21. The highest BCUT2D eigenvalue weighted by Crippen LogP contribution is 2.41. The number of para-hydroxylation sites is 2. The minimum atomic E-state index is 0.873. The molecule has 0 amide bonds. The Labute approximate surface area is 332 Å². The molecule has 1 aliphatic heterocycles. The highest BCUT2D eigenvalue weighted by atomic mass is 16.3. The Kier molecular flexibility index (Phi) is 8.66. The number of nitrogens with one attached hydrogen (secondary N) is 1. The Morgan fingerprint density at radius 1 is 0.456 bits per heavy atom. The first-order valence-electron chi connectivity index (χ1n) is 19.3. The fraction of sp³-hybridized carbons (Fsp3) is 0. The van der Waals surface area contributed by atoms with E-state index in [9.17, 15) is 0 Å². The van der Waals surface area contributed by atoms with Gasteiger partial charge in [0.25, 0.3) is 0 Å². The third kappa shape index (κ3) is 6.62. The minimum Gasteiger partial charge on any atom is -0.456 e.